The van der Waals surface area contributed by atoms with Crippen LogP contribution >= 0.6 is 0 Å². The van der Waals surface area contributed by atoms with Gasteiger partial charge in [0.25, 0.3) is 0 Å². The van der Waals surface area contributed by atoms with Crippen molar-refractivity contribution >= 4 is 18.1 Å². The molecule has 0 unspecified atom stereocenters. The normalized spacial score (nSPS) is 23.5. The fourth-order valence-corrected chi connectivity index (χ4v) is 3.04. The topological polar surface area (TPSA) is 85.1 Å². The van der Waals surface area contributed by atoms with E-state index < -0.39 is 11.7 Å². The first-order valence-electron chi connectivity index (χ1n) is 8.64. The van der Waals surface area contributed by atoms with Gasteiger partial charge in [0.15, 0.2) is 0 Å². The summed E-state index contributed by atoms with van der Waals surface area (Å²) < 4.78 is 16.2. The van der Waals surface area contributed by atoms with Crippen LogP contribution in [0.2, 0.25) is 0 Å². The molecule has 8 heteroatoms. The number of rotatable bonds is 2. The third kappa shape index (κ3) is 3.43. The highest BCUT2D eigenvalue weighted by Gasteiger charge is 2.40. The van der Waals surface area contributed by atoms with E-state index in [1.54, 1.807) is 4.90 Å². The first-order valence-corrected chi connectivity index (χ1v) is 8.64. The number of carbonyl (C=O) groups is 2. The van der Waals surface area contributed by atoms with Gasteiger partial charge in [0, 0.05) is 12.5 Å². The molecular formula is C17H25N3O5. The Bertz CT molecular complexity index is 678. The minimum Gasteiger partial charge on any atom is -0.444 e. The van der Waals surface area contributed by atoms with Crippen LogP contribution in [0.15, 0.2) is 4.52 Å². The summed E-state index contributed by atoms with van der Waals surface area (Å²) in [7, 11) is 0. The Morgan fingerprint density at radius 2 is 2.12 bits per heavy atom. The Kier molecular flexibility index (Phi) is 4.38. The Hall–Kier alpha value is -2.25. The van der Waals surface area contributed by atoms with Gasteiger partial charge in [-0.3, -0.25) is 0 Å². The average Bonchev–Trinajstić information content (AvgIpc) is 3.07. The summed E-state index contributed by atoms with van der Waals surface area (Å²) in [5.74, 6) is 0.372. The van der Waals surface area contributed by atoms with Gasteiger partial charge >= 0.3 is 12.2 Å². The van der Waals surface area contributed by atoms with Crippen molar-refractivity contribution in [2.75, 3.05) is 11.4 Å². The van der Waals surface area contributed by atoms with Crippen LogP contribution in [0.5, 0.6) is 0 Å². The van der Waals surface area contributed by atoms with E-state index in [1.807, 2.05) is 34.6 Å². The molecule has 1 fully saturated rings. The van der Waals surface area contributed by atoms with Gasteiger partial charge in [-0.05, 0) is 34.1 Å². The predicted molar refractivity (Wildman–Crippen MR) is 89.4 cm³/mol. The maximum absolute atomic E-state index is 12.5. The molecule has 0 aliphatic carbocycles. The van der Waals surface area contributed by atoms with E-state index in [4.69, 9.17) is 14.0 Å². The van der Waals surface area contributed by atoms with Crippen molar-refractivity contribution in [2.45, 2.75) is 71.8 Å². The molecule has 1 aromatic heterocycles. The van der Waals surface area contributed by atoms with Gasteiger partial charge in [-0.1, -0.05) is 12.1 Å². The van der Waals surface area contributed by atoms with Gasteiger partial charge in [0.2, 0.25) is 5.88 Å². The Labute approximate surface area is 147 Å². The van der Waals surface area contributed by atoms with Crippen LogP contribution in [0.25, 0.3) is 0 Å². The van der Waals surface area contributed by atoms with E-state index in [-0.39, 0.29) is 18.2 Å². The molecule has 0 radical (unpaired) electrons. The van der Waals surface area contributed by atoms with Crippen LogP contribution in [0, 0.1) is 0 Å². The number of carbonyl (C=O) groups excluding carboxylic acids is 2. The fraction of sp³-hybridized carbons (Fsp3) is 0.706. The summed E-state index contributed by atoms with van der Waals surface area (Å²) in [4.78, 5) is 27.7. The summed E-state index contributed by atoms with van der Waals surface area (Å²) in [6.45, 7) is 10.1. The lowest BCUT2D eigenvalue weighted by atomic mass is 10.0. The molecule has 1 saturated heterocycles. The van der Waals surface area contributed by atoms with E-state index >= 15 is 0 Å². The second-order valence-corrected chi connectivity index (χ2v) is 7.60. The zero-order valence-corrected chi connectivity index (χ0v) is 15.4. The number of hydrogen-bond donors (Lipinski definition) is 0. The number of amides is 2. The third-order valence-electron chi connectivity index (χ3n) is 4.40. The first-order chi connectivity index (χ1) is 11.7. The average molecular weight is 351 g/mol. The highest BCUT2D eigenvalue weighted by Crippen LogP contribution is 2.34. The highest BCUT2D eigenvalue weighted by atomic mass is 16.6. The van der Waals surface area contributed by atoms with Crippen molar-refractivity contribution in [3.63, 3.8) is 0 Å². The van der Waals surface area contributed by atoms with Crippen molar-refractivity contribution in [2.24, 2.45) is 0 Å². The number of aromatic nitrogens is 1. The van der Waals surface area contributed by atoms with Gasteiger partial charge in [-0.15, -0.1) is 0 Å². The number of cyclic esters (lactones) is 1. The molecular weight excluding hydrogens is 326 g/mol. The quantitative estimate of drug-likeness (QED) is 0.814. The predicted octanol–water partition coefficient (Wildman–Crippen LogP) is 3.09. The van der Waals surface area contributed by atoms with Crippen LogP contribution in [0.4, 0.5) is 15.5 Å². The molecule has 138 valence electrons. The van der Waals surface area contributed by atoms with Gasteiger partial charge < -0.3 is 18.9 Å². The van der Waals surface area contributed by atoms with Crippen LogP contribution in [-0.2, 0) is 22.4 Å². The van der Waals surface area contributed by atoms with Crippen molar-refractivity contribution in [1.82, 2.24) is 10.1 Å². The lowest BCUT2D eigenvalue weighted by Gasteiger charge is -2.34. The number of hydrogen-bond acceptors (Lipinski definition) is 6. The molecule has 1 aromatic rings. The van der Waals surface area contributed by atoms with Gasteiger partial charge in [0.1, 0.15) is 11.7 Å². The molecule has 25 heavy (non-hydrogen) atoms. The van der Waals surface area contributed by atoms with Crippen molar-refractivity contribution < 1.29 is 23.6 Å². The van der Waals surface area contributed by atoms with Crippen LogP contribution in [0.1, 0.15) is 52.3 Å². The molecule has 2 atom stereocenters. The molecule has 0 bridgehead atoms. The van der Waals surface area contributed by atoms with E-state index in [1.165, 1.54) is 4.90 Å². The molecule has 2 aliphatic rings. The molecule has 0 aromatic carbocycles. The standard InChI is InChI=1S/C17H25N3O5/c1-6-11-8-20(15(21)23-11)14-12-9-19(16(22)24-17(3,4)5)10(2)7-13(12)18-25-14/h10-11H,6-9H2,1-5H3/t10-,11+/m0/s1. The molecule has 0 saturated carbocycles. The summed E-state index contributed by atoms with van der Waals surface area (Å²) in [6.07, 6.45) is 0.317. The summed E-state index contributed by atoms with van der Waals surface area (Å²) >= 11 is 0. The first kappa shape index (κ1) is 17.6. The molecule has 3 heterocycles. The minimum absolute atomic E-state index is 0.0609. The Balaban J connectivity index is 1.83. The SMILES string of the molecule is CC[C@@H]1CN(c2onc3c2CN(C(=O)OC(C)(C)C)[C@@H](C)C3)C(=O)O1. The maximum atomic E-state index is 12.5. The van der Waals surface area contributed by atoms with Crippen LogP contribution in [0.3, 0.4) is 0 Å². The van der Waals surface area contributed by atoms with Gasteiger partial charge in [-0.2, -0.15) is 0 Å². The molecule has 2 amide bonds. The lowest BCUT2D eigenvalue weighted by Crippen LogP contribution is -2.45. The number of anilines is 1. The largest absolute Gasteiger partial charge is 0.444 e. The third-order valence-corrected chi connectivity index (χ3v) is 4.40. The van der Waals surface area contributed by atoms with Crippen molar-refractivity contribution in [3.8, 4) is 0 Å². The Morgan fingerprint density at radius 3 is 2.72 bits per heavy atom. The summed E-state index contributed by atoms with van der Waals surface area (Å²) in [5.41, 5.74) is 0.953. The smallest absolute Gasteiger partial charge is 0.417 e. The molecule has 8 nitrogen and oxygen atoms in total. The van der Waals surface area contributed by atoms with Gasteiger partial charge in [-0.25, -0.2) is 14.5 Å². The Morgan fingerprint density at radius 1 is 1.40 bits per heavy atom. The molecule has 0 spiro atoms. The number of ether oxygens (including phenoxy) is 2. The van der Waals surface area contributed by atoms with E-state index in [9.17, 15) is 9.59 Å². The molecule has 0 N–H and O–H groups in total. The summed E-state index contributed by atoms with van der Waals surface area (Å²) in [6, 6.07) is -0.0609. The van der Waals surface area contributed by atoms with Crippen molar-refractivity contribution in [1.29, 1.82) is 0 Å². The second-order valence-electron chi connectivity index (χ2n) is 7.60. The van der Waals surface area contributed by atoms with Gasteiger partial charge in [0.05, 0.1) is 24.3 Å². The van der Waals surface area contributed by atoms with E-state index in [0.717, 1.165) is 17.7 Å². The lowest BCUT2D eigenvalue weighted by molar-refractivity contribution is 0.0138. The highest BCUT2D eigenvalue weighted by molar-refractivity contribution is 5.89. The maximum Gasteiger partial charge on any atom is 0.417 e. The minimum atomic E-state index is -0.568. The van der Waals surface area contributed by atoms with E-state index in [2.05, 4.69) is 5.16 Å². The fourth-order valence-electron chi connectivity index (χ4n) is 3.04. The van der Waals surface area contributed by atoms with Crippen LogP contribution < -0.4 is 4.90 Å². The second kappa shape index (κ2) is 6.24. The zero-order valence-electron chi connectivity index (χ0n) is 15.4. The van der Waals surface area contributed by atoms with E-state index in [0.29, 0.717) is 25.4 Å². The van der Waals surface area contributed by atoms with Crippen LogP contribution in [-0.4, -0.2) is 46.5 Å². The number of nitrogens with zero attached hydrogens (tertiary/aromatic N) is 3. The number of fused-ring (bicyclic) bond motifs is 1. The summed E-state index contributed by atoms with van der Waals surface area (Å²) in [5, 5.41) is 4.10. The zero-order chi connectivity index (χ0) is 18.4. The molecule has 3 rings (SSSR count). The molecule has 2 aliphatic heterocycles. The monoisotopic (exact) mass is 351 g/mol. The van der Waals surface area contributed by atoms with Crippen molar-refractivity contribution in [3.05, 3.63) is 11.3 Å².